The first-order valence-corrected chi connectivity index (χ1v) is 23.6. The number of phosphoric ester groups is 1. The molecule has 0 bridgehead atoms. The molecule has 1 saturated carbocycles. The largest absolute Gasteiger partial charge is 0.756 e. The smallest absolute Gasteiger partial charge is 0.306 e. The number of hydrogen-bond donors (Lipinski definition) is 2. The molecule has 6 atom stereocenters. The third-order valence-electron chi connectivity index (χ3n) is 9.92. The zero-order chi connectivity index (χ0) is 43.8. The lowest BCUT2D eigenvalue weighted by molar-refractivity contribution is -0.870. The third kappa shape index (κ3) is 30.1. The Bertz CT molecular complexity index is 1350. The first-order valence-electron chi connectivity index (χ1n) is 22.1. The number of ether oxygens (including phenoxy) is 2. The molecule has 0 aliphatic heterocycles. The number of aliphatic hydroxyl groups is 2. The number of hydrogen-bond acceptors (Lipinski definition) is 11. The summed E-state index contributed by atoms with van der Waals surface area (Å²) in [6.45, 7) is 3.66. The van der Waals surface area contributed by atoms with Crippen molar-refractivity contribution in [1.29, 1.82) is 0 Å². The van der Waals surface area contributed by atoms with Crippen molar-refractivity contribution in [2.45, 2.75) is 154 Å². The molecule has 0 spiro atoms. The number of carbonyl (C=O) groups is 3. The van der Waals surface area contributed by atoms with Crippen LogP contribution in [0.5, 0.6) is 0 Å². The van der Waals surface area contributed by atoms with Gasteiger partial charge < -0.3 is 38.1 Å². The fraction of sp³-hybridized carbons (Fsp3) is 0.717. The van der Waals surface area contributed by atoms with Crippen LogP contribution in [0.1, 0.15) is 136 Å². The van der Waals surface area contributed by atoms with Crippen LogP contribution in [0.2, 0.25) is 0 Å². The fourth-order valence-corrected chi connectivity index (χ4v) is 7.15. The summed E-state index contributed by atoms with van der Waals surface area (Å²) in [5.41, 5.74) is 0. The second-order valence-electron chi connectivity index (χ2n) is 16.5. The molecular formula is C46H78NO11P. The van der Waals surface area contributed by atoms with E-state index in [-0.39, 0.29) is 50.1 Å². The summed E-state index contributed by atoms with van der Waals surface area (Å²) in [6, 6.07) is 0. The second-order valence-corrected chi connectivity index (χ2v) is 17.9. The minimum absolute atomic E-state index is 0.0429. The van der Waals surface area contributed by atoms with Crippen molar-refractivity contribution in [3.8, 4) is 0 Å². The number of rotatable bonds is 35. The van der Waals surface area contributed by atoms with Gasteiger partial charge in [-0.2, -0.15) is 0 Å². The molecule has 0 heterocycles. The molecule has 0 aromatic heterocycles. The van der Waals surface area contributed by atoms with Crippen molar-refractivity contribution in [1.82, 2.24) is 0 Å². The van der Waals surface area contributed by atoms with Gasteiger partial charge in [0.1, 0.15) is 25.5 Å². The van der Waals surface area contributed by atoms with Crippen molar-refractivity contribution in [3.63, 3.8) is 0 Å². The van der Waals surface area contributed by atoms with Crippen molar-refractivity contribution in [3.05, 3.63) is 60.8 Å². The van der Waals surface area contributed by atoms with Crippen LogP contribution in [0, 0.1) is 11.8 Å². The van der Waals surface area contributed by atoms with Gasteiger partial charge in [0, 0.05) is 31.1 Å². The standard InChI is InChI=1S/C46H78NO11P/c1-6-8-10-11-12-13-14-15-16-17-18-19-20-21-27-31-46(52)58-40(38-57-59(53,54)56-35-34-47(3,4)5)37-55-45(51)30-26-23-22-25-29-41-42(44(50)36-43(41)49)33-32-39(48)28-24-9-7-2/h8,10,12-13,15-16,18-19,32-33,39-42,44,48,50H,6-7,9,11,14,17,20-31,34-38H2,1-5H3/b10-8-,13-12-,16-15-,19-18-,33-32+/t39-,40+,41+,42+,44+/m0/s1. The summed E-state index contributed by atoms with van der Waals surface area (Å²) in [4.78, 5) is 50.3. The van der Waals surface area contributed by atoms with Gasteiger partial charge in [0.05, 0.1) is 40.0 Å². The van der Waals surface area contributed by atoms with Crippen LogP contribution in [0.25, 0.3) is 0 Å². The highest BCUT2D eigenvalue weighted by molar-refractivity contribution is 7.45. The van der Waals surface area contributed by atoms with Gasteiger partial charge in [-0.1, -0.05) is 113 Å². The Morgan fingerprint density at radius 3 is 2.12 bits per heavy atom. The number of quaternary nitrogens is 1. The highest BCUT2D eigenvalue weighted by atomic mass is 31.2. The summed E-state index contributed by atoms with van der Waals surface area (Å²) in [5.74, 6) is -1.59. The molecular weight excluding hydrogens is 773 g/mol. The lowest BCUT2D eigenvalue weighted by atomic mass is 9.88. The van der Waals surface area contributed by atoms with E-state index in [2.05, 4.69) is 62.5 Å². The maximum atomic E-state index is 12.7. The first kappa shape index (κ1) is 54.3. The number of aliphatic hydroxyl groups excluding tert-OH is 2. The molecule has 1 rings (SSSR count). The molecule has 0 aromatic rings. The van der Waals surface area contributed by atoms with Crippen molar-refractivity contribution in [2.24, 2.45) is 11.8 Å². The Kier molecular flexibility index (Phi) is 30.4. The quantitative estimate of drug-likeness (QED) is 0.0206. The average Bonchev–Trinajstić information content (AvgIpc) is 3.44. The van der Waals surface area contributed by atoms with E-state index in [4.69, 9.17) is 18.5 Å². The van der Waals surface area contributed by atoms with Crippen LogP contribution < -0.4 is 4.89 Å². The average molecular weight is 852 g/mol. The number of allylic oxidation sites excluding steroid dienone is 8. The molecule has 1 unspecified atom stereocenters. The normalized spacial score (nSPS) is 19.8. The van der Waals surface area contributed by atoms with Gasteiger partial charge in [-0.3, -0.25) is 18.9 Å². The molecule has 1 aliphatic carbocycles. The van der Waals surface area contributed by atoms with Gasteiger partial charge in [-0.05, 0) is 64.2 Å². The van der Waals surface area contributed by atoms with Crippen LogP contribution in [-0.4, -0.2) is 98.2 Å². The summed E-state index contributed by atoms with van der Waals surface area (Å²) in [7, 11) is 0.995. The molecule has 338 valence electrons. The monoisotopic (exact) mass is 852 g/mol. The molecule has 0 saturated heterocycles. The van der Waals surface area contributed by atoms with Gasteiger partial charge in [-0.25, -0.2) is 0 Å². The Hall–Kier alpha value is -2.70. The number of phosphoric acid groups is 1. The van der Waals surface area contributed by atoms with Gasteiger partial charge in [0.25, 0.3) is 7.82 Å². The lowest BCUT2D eigenvalue weighted by Crippen LogP contribution is -2.37. The fourth-order valence-electron chi connectivity index (χ4n) is 6.42. The van der Waals surface area contributed by atoms with E-state index in [9.17, 15) is 34.1 Å². The Labute approximate surface area is 356 Å². The van der Waals surface area contributed by atoms with E-state index in [1.807, 2.05) is 27.2 Å². The molecule has 12 nitrogen and oxygen atoms in total. The summed E-state index contributed by atoms with van der Waals surface area (Å²) in [6.07, 6.45) is 31.6. The molecule has 0 radical (unpaired) electrons. The highest BCUT2D eigenvalue weighted by Gasteiger charge is 2.39. The van der Waals surface area contributed by atoms with Gasteiger partial charge in [0.15, 0.2) is 6.10 Å². The van der Waals surface area contributed by atoms with E-state index in [0.29, 0.717) is 36.7 Å². The molecule has 13 heteroatoms. The molecule has 1 fully saturated rings. The molecule has 0 amide bonds. The topological polar surface area (TPSA) is 169 Å². The van der Waals surface area contributed by atoms with Crippen LogP contribution in [0.15, 0.2) is 60.8 Å². The number of nitrogens with zero attached hydrogens (tertiary/aromatic N) is 1. The molecule has 59 heavy (non-hydrogen) atoms. The summed E-state index contributed by atoms with van der Waals surface area (Å²) in [5, 5.41) is 20.7. The summed E-state index contributed by atoms with van der Waals surface area (Å²) < 4.78 is 33.8. The van der Waals surface area contributed by atoms with Gasteiger partial charge in [0.2, 0.25) is 0 Å². The van der Waals surface area contributed by atoms with Crippen LogP contribution >= 0.6 is 7.82 Å². The zero-order valence-electron chi connectivity index (χ0n) is 36.9. The SMILES string of the molecule is CC/C=C\C/C=C\C/C=C\C/C=C\CCCCC(=O)O[C@H](COC(=O)CCCCCC[C@H]1C(=O)C[C@@H](O)[C@@H]1/C=C/[C@@H](O)CCCCC)COP(=O)([O-])OCC[N+](C)(C)C. The van der Waals surface area contributed by atoms with E-state index in [1.165, 1.54) is 0 Å². The maximum absolute atomic E-state index is 12.7. The van der Waals surface area contributed by atoms with Crippen LogP contribution in [-0.2, 0) is 37.5 Å². The first-order chi connectivity index (χ1) is 28.2. The number of carbonyl (C=O) groups excluding carboxylic acids is 3. The molecule has 1 aliphatic rings. The van der Waals surface area contributed by atoms with Crippen LogP contribution in [0.4, 0.5) is 0 Å². The van der Waals surface area contributed by atoms with E-state index in [1.54, 1.807) is 6.08 Å². The van der Waals surface area contributed by atoms with Crippen molar-refractivity contribution >= 4 is 25.5 Å². The molecule has 0 aromatic carbocycles. The predicted octanol–water partition coefficient (Wildman–Crippen LogP) is 8.42. The molecule has 2 N–H and O–H groups in total. The second kappa shape index (κ2) is 33.0. The van der Waals surface area contributed by atoms with E-state index < -0.39 is 44.7 Å². The van der Waals surface area contributed by atoms with Crippen molar-refractivity contribution in [2.75, 3.05) is 47.5 Å². The Morgan fingerprint density at radius 2 is 1.46 bits per heavy atom. The minimum Gasteiger partial charge on any atom is -0.756 e. The minimum atomic E-state index is -4.70. The lowest BCUT2D eigenvalue weighted by Gasteiger charge is -2.28. The number of likely N-dealkylation sites (N-methyl/N-ethyl adjacent to an activating group) is 1. The van der Waals surface area contributed by atoms with Gasteiger partial charge >= 0.3 is 11.9 Å². The maximum Gasteiger partial charge on any atom is 0.306 e. The number of esters is 2. The van der Waals surface area contributed by atoms with Crippen LogP contribution in [0.3, 0.4) is 0 Å². The number of Topliss-reactive ketones (excluding diaryl/α,β-unsaturated/α-hetero) is 1. The van der Waals surface area contributed by atoms with E-state index in [0.717, 1.165) is 77.0 Å². The highest BCUT2D eigenvalue weighted by Crippen LogP contribution is 2.38. The van der Waals surface area contributed by atoms with Gasteiger partial charge in [-0.15, -0.1) is 0 Å². The summed E-state index contributed by atoms with van der Waals surface area (Å²) >= 11 is 0. The predicted molar refractivity (Wildman–Crippen MR) is 232 cm³/mol. The van der Waals surface area contributed by atoms with E-state index >= 15 is 0 Å². The third-order valence-corrected chi connectivity index (χ3v) is 10.9. The van der Waals surface area contributed by atoms with Crippen molar-refractivity contribution < 1.29 is 57.1 Å². The zero-order valence-corrected chi connectivity index (χ0v) is 37.8. The number of unbranched alkanes of at least 4 members (excludes halogenated alkanes) is 7. The Morgan fingerprint density at radius 1 is 0.831 bits per heavy atom. The number of ketones is 1. The Balaban J connectivity index is 2.51.